The van der Waals surface area contributed by atoms with Gasteiger partial charge in [0.1, 0.15) is 0 Å². The summed E-state index contributed by atoms with van der Waals surface area (Å²) in [6.07, 6.45) is 4.17. The van der Waals surface area contributed by atoms with E-state index in [4.69, 9.17) is 0 Å². The summed E-state index contributed by atoms with van der Waals surface area (Å²) in [7, 11) is 0. The molecule has 0 bridgehead atoms. The topological polar surface area (TPSA) is 110 Å². The van der Waals surface area contributed by atoms with Crippen LogP contribution in [0.25, 0.3) is 16.9 Å². The Morgan fingerprint density at radius 3 is 2.80 bits per heavy atom. The molecule has 1 aliphatic heterocycles. The Balaban J connectivity index is 1.73. The van der Waals surface area contributed by atoms with E-state index in [0.717, 1.165) is 22.5 Å². The maximum atomic E-state index is 12.9. The summed E-state index contributed by atoms with van der Waals surface area (Å²) in [6, 6.07) is 9.46. The highest BCUT2D eigenvalue weighted by Gasteiger charge is 2.17. The average Bonchev–Trinajstić information content (AvgIpc) is 3.44. The molecule has 0 saturated carbocycles. The molecule has 2 aromatic heterocycles. The molecule has 30 heavy (non-hydrogen) atoms. The first kappa shape index (κ1) is 19.6. The lowest BCUT2D eigenvalue weighted by molar-refractivity contribution is 0.0959. The van der Waals surface area contributed by atoms with Crippen molar-refractivity contribution in [2.24, 2.45) is 10.2 Å². The minimum absolute atomic E-state index is 0.124. The molecule has 9 heteroatoms. The number of nitrogens with zero attached hydrogens (tertiary/aromatic N) is 7. The monoisotopic (exact) mass is 402 g/mol. The molecule has 0 saturated heterocycles. The van der Waals surface area contributed by atoms with E-state index in [1.807, 2.05) is 45.0 Å². The first-order chi connectivity index (χ1) is 14.5. The molecule has 0 aliphatic carbocycles. The first-order valence-corrected chi connectivity index (χ1v) is 9.73. The predicted molar refractivity (Wildman–Crippen MR) is 114 cm³/mol. The lowest BCUT2D eigenvalue weighted by Crippen LogP contribution is -2.29. The second-order valence-corrected chi connectivity index (χ2v) is 7.44. The lowest BCUT2D eigenvalue weighted by Gasteiger charge is -2.12. The van der Waals surface area contributed by atoms with Gasteiger partial charge in [0, 0.05) is 35.9 Å². The molecule has 152 valence electrons. The number of carbonyl (C=O) groups is 1. The number of nitrogens with one attached hydrogen (secondary N) is 1. The molecule has 3 aromatic rings. The van der Waals surface area contributed by atoms with Gasteiger partial charge in [-0.05, 0) is 47.2 Å². The Bertz CT molecular complexity index is 1130. The van der Waals surface area contributed by atoms with Gasteiger partial charge in [-0.25, -0.2) is 0 Å². The summed E-state index contributed by atoms with van der Waals surface area (Å²) < 4.78 is 1.66. The van der Waals surface area contributed by atoms with Crippen LogP contribution in [0, 0.1) is 6.92 Å². The number of carbonyl (C=O) groups excluding carboxylic acids is 1. The van der Waals surface area contributed by atoms with Crippen molar-refractivity contribution in [3.8, 4) is 16.9 Å². The van der Waals surface area contributed by atoms with Crippen LogP contribution >= 0.6 is 0 Å². The third-order valence-electron chi connectivity index (χ3n) is 4.70. The zero-order valence-electron chi connectivity index (χ0n) is 17.1. The van der Waals surface area contributed by atoms with Crippen molar-refractivity contribution in [3.63, 3.8) is 0 Å². The highest BCUT2D eigenvalue weighted by molar-refractivity contribution is 6.03. The molecule has 1 aromatic carbocycles. The number of benzene rings is 1. The van der Waals surface area contributed by atoms with Crippen LogP contribution in [0.3, 0.4) is 0 Å². The number of aryl methyl sites for hydroxylation is 1. The highest BCUT2D eigenvalue weighted by Crippen LogP contribution is 2.24. The molecular weight excluding hydrogens is 380 g/mol. The van der Waals surface area contributed by atoms with Gasteiger partial charge in [-0.15, -0.1) is 5.10 Å². The van der Waals surface area contributed by atoms with Crippen LogP contribution in [0.5, 0.6) is 0 Å². The summed E-state index contributed by atoms with van der Waals surface area (Å²) in [6.45, 7) is 6.37. The molecule has 4 rings (SSSR count). The molecular formula is C21H22N8O. The van der Waals surface area contributed by atoms with Crippen molar-refractivity contribution in [3.05, 3.63) is 53.5 Å². The number of pyridine rings is 1. The fraction of sp³-hybridized carbons (Fsp3) is 0.286. The second kappa shape index (κ2) is 8.32. The molecule has 0 radical (unpaired) electrons. The summed E-state index contributed by atoms with van der Waals surface area (Å²) in [5.41, 5.74) is 4.66. The van der Waals surface area contributed by atoms with Crippen LogP contribution in [0.2, 0.25) is 0 Å². The molecule has 9 nitrogen and oxygen atoms in total. The van der Waals surface area contributed by atoms with E-state index in [9.17, 15) is 4.79 Å². The SMILES string of the molecule is Cc1ccc(-c2cc(C(=O)NCC3=NN=CC3)cc(-n3nnnc3C(C)C)c2)nc1. The first-order valence-electron chi connectivity index (χ1n) is 9.73. The molecule has 1 aliphatic rings. The van der Waals surface area contributed by atoms with E-state index < -0.39 is 0 Å². The second-order valence-electron chi connectivity index (χ2n) is 7.44. The predicted octanol–water partition coefficient (Wildman–Crippen LogP) is 2.72. The van der Waals surface area contributed by atoms with Gasteiger partial charge in [-0.1, -0.05) is 19.9 Å². The van der Waals surface area contributed by atoms with Crippen LogP contribution < -0.4 is 5.32 Å². The Kier molecular flexibility index (Phi) is 5.42. The number of aromatic nitrogens is 5. The molecule has 0 spiro atoms. The quantitative estimate of drug-likeness (QED) is 0.682. The van der Waals surface area contributed by atoms with Crippen molar-refractivity contribution in [1.29, 1.82) is 0 Å². The van der Waals surface area contributed by atoms with Gasteiger partial charge in [0.05, 0.1) is 23.6 Å². The standard InChI is InChI=1S/C21H22N8O/c1-13(2)20-26-27-28-29(20)18-9-15(19-5-4-14(3)11-22-19)8-16(10-18)21(30)23-12-17-6-7-24-25-17/h4-5,7-11,13H,6,12H2,1-3H3,(H,23,30). The van der Waals surface area contributed by atoms with Gasteiger partial charge in [0.15, 0.2) is 5.82 Å². The van der Waals surface area contributed by atoms with Crippen molar-refractivity contribution in [2.75, 3.05) is 6.54 Å². The third-order valence-corrected chi connectivity index (χ3v) is 4.70. The highest BCUT2D eigenvalue weighted by atomic mass is 16.1. The van der Waals surface area contributed by atoms with E-state index in [1.165, 1.54) is 0 Å². The van der Waals surface area contributed by atoms with Crippen LogP contribution in [-0.2, 0) is 0 Å². The van der Waals surface area contributed by atoms with Gasteiger partial charge in [0.25, 0.3) is 5.91 Å². The molecule has 3 heterocycles. The molecule has 1 N–H and O–H groups in total. The Labute approximate surface area is 173 Å². The normalized spacial score (nSPS) is 13.0. The summed E-state index contributed by atoms with van der Waals surface area (Å²) in [4.78, 5) is 17.4. The number of rotatable bonds is 6. The Morgan fingerprint density at radius 2 is 2.10 bits per heavy atom. The Hall–Kier alpha value is -3.75. The smallest absolute Gasteiger partial charge is 0.251 e. The zero-order chi connectivity index (χ0) is 21.1. The zero-order valence-corrected chi connectivity index (χ0v) is 17.1. The summed E-state index contributed by atoms with van der Waals surface area (Å²) in [5, 5.41) is 22.8. The largest absolute Gasteiger partial charge is 0.347 e. The van der Waals surface area contributed by atoms with Gasteiger partial charge < -0.3 is 5.32 Å². The van der Waals surface area contributed by atoms with E-state index in [1.54, 1.807) is 23.2 Å². The van der Waals surface area contributed by atoms with E-state index in [-0.39, 0.29) is 11.8 Å². The molecule has 0 unspecified atom stereocenters. The van der Waals surface area contributed by atoms with Gasteiger partial charge in [0.2, 0.25) is 0 Å². The number of hydrogen-bond donors (Lipinski definition) is 1. The number of tetrazole rings is 1. The maximum Gasteiger partial charge on any atom is 0.251 e. The number of amides is 1. The van der Waals surface area contributed by atoms with Gasteiger partial charge in [-0.3, -0.25) is 9.78 Å². The molecule has 0 fully saturated rings. The van der Waals surface area contributed by atoms with Crippen LogP contribution in [0.15, 0.2) is 46.7 Å². The average molecular weight is 402 g/mol. The van der Waals surface area contributed by atoms with E-state index in [2.05, 4.69) is 36.0 Å². The third kappa shape index (κ3) is 4.14. The molecule has 1 amide bonds. The summed E-state index contributed by atoms with van der Waals surface area (Å²) >= 11 is 0. The van der Waals surface area contributed by atoms with Gasteiger partial charge in [-0.2, -0.15) is 14.9 Å². The minimum atomic E-state index is -0.209. The fourth-order valence-electron chi connectivity index (χ4n) is 3.09. The fourth-order valence-corrected chi connectivity index (χ4v) is 3.09. The number of hydrogen-bond acceptors (Lipinski definition) is 7. The van der Waals surface area contributed by atoms with E-state index in [0.29, 0.717) is 30.0 Å². The molecule has 0 atom stereocenters. The van der Waals surface area contributed by atoms with Crippen LogP contribution in [0.1, 0.15) is 47.9 Å². The van der Waals surface area contributed by atoms with Crippen LogP contribution in [0.4, 0.5) is 0 Å². The van der Waals surface area contributed by atoms with Crippen molar-refractivity contribution >= 4 is 17.8 Å². The van der Waals surface area contributed by atoms with Crippen molar-refractivity contribution in [1.82, 2.24) is 30.5 Å². The van der Waals surface area contributed by atoms with Crippen molar-refractivity contribution < 1.29 is 4.79 Å². The lowest BCUT2D eigenvalue weighted by atomic mass is 10.0. The minimum Gasteiger partial charge on any atom is -0.347 e. The van der Waals surface area contributed by atoms with E-state index >= 15 is 0 Å². The van der Waals surface area contributed by atoms with Gasteiger partial charge >= 0.3 is 0 Å². The maximum absolute atomic E-state index is 12.9. The summed E-state index contributed by atoms with van der Waals surface area (Å²) in [5.74, 6) is 0.630. The van der Waals surface area contributed by atoms with Crippen molar-refractivity contribution in [2.45, 2.75) is 33.1 Å². The van der Waals surface area contributed by atoms with Crippen LogP contribution in [-0.4, -0.2) is 49.6 Å². The Morgan fingerprint density at radius 1 is 1.23 bits per heavy atom.